The van der Waals surface area contributed by atoms with Gasteiger partial charge in [-0.25, -0.2) is 4.98 Å². The summed E-state index contributed by atoms with van der Waals surface area (Å²) in [5.41, 5.74) is 7.42. The number of aromatic nitrogens is 5. The second-order valence-electron chi connectivity index (χ2n) is 6.22. The Morgan fingerprint density at radius 1 is 1.04 bits per heavy atom. The number of hydrogen-bond donors (Lipinski definition) is 1. The van der Waals surface area contributed by atoms with Gasteiger partial charge >= 0.3 is 0 Å². The molecule has 4 rings (SSSR count). The van der Waals surface area contributed by atoms with Crippen molar-refractivity contribution in [1.82, 2.24) is 23.3 Å². The fraction of sp³-hybridized carbons (Fsp3) is 0.294. The van der Waals surface area contributed by atoms with Crippen LogP contribution in [-0.4, -0.2) is 23.3 Å². The highest BCUT2D eigenvalue weighted by molar-refractivity contribution is 7.00. The van der Waals surface area contributed by atoms with E-state index in [1.165, 1.54) is 11.7 Å². The molecule has 1 aromatic carbocycles. The van der Waals surface area contributed by atoms with Crippen molar-refractivity contribution in [1.29, 1.82) is 0 Å². The molecule has 0 unspecified atom stereocenters. The van der Waals surface area contributed by atoms with Gasteiger partial charge in [-0.2, -0.15) is 8.75 Å². The molecule has 24 heavy (non-hydrogen) atoms. The van der Waals surface area contributed by atoms with Gasteiger partial charge in [-0.1, -0.05) is 6.07 Å². The van der Waals surface area contributed by atoms with Crippen molar-refractivity contribution in [2.24, 2.45) is 0 Å². The highest BCUT2D eigenvalue weighted by Crippen LogP contribution is 2.32. The first kappa shape index (κ1) is 15.0. The Balaban J connectivity index is 2.26. The SMILES string of the molecule is Cc1nc2c(c(C)c(C)n2-c2c(C)cc(C)c3nsnc23)c(=O)[nH]1. The van der Waals surface area contributed by atoms with E-state index in [4.69, 9.17) is 0 Å². The normalized spacial score (nSPS) is 11.7. The minimum atomic E-state index is -0.103. The van der Waals surface area contributed by atoms with Crippen LogP contribution in [0.1, 0.15) is 28.2 Å². The van der Waals surface area contributed by atoms with Crippen molar-refractivity contribution in [2.75, 3.05) is 0 Å². The van der Waals surface area contributed by atoms with Crippen LogP contribution in [-0.2, 0) is 0 Å². The van der Waals surface area contributed by atoms with Crippen molar-refractivity contribution < 1.29 is 0 Å². The molecule has 3 heterocycles. The summed E-state index contributed by atoms with van der Waals surface area (Å²) in [4.78, 5) is 19.8. The maximum atomic E-state index is 12.4. The molecule has 0 aliphatic heterocycles. The van der Waals surface area contributed by atoms with Gasteiger partial charge in [0.25, 0.3) is 5.56 Å². The standard InChI is InChI=1S/C17H17N5OS/c1-7-6-8(2)15(14-13(7)20-24-21-14)22-10(4)9(3)12-16(22)18-11(5)19-17(12)23/h6H,1-5H3,(H,18,19,23). The zero-order valence-electron chi connectivity index (χ0n) is 14.2. The number of nitrogens with one attached hydrogen (secondary N) is 1. The number of nitrogens with zero attached hydrogens (tertiary/aromatic N) is 4. The first-order valence-electron chi connectivity index (χ1n) is 7.71. The second kappa shape index (κ2) is 4.98. The average molecular weight is 339 g/mol. The Bertz CT molecular complexity index is 1180. The molecule has 0 atom stereocenters. The van der Waals surface area contributed by atoms with Gasteiger partial charge in [-0.3, -0.25) is 9.36 Å². The smallest absolute Gasteiger partial charge is 0.260 e. The van der Waals surface area contributed by atoms with E-state index in [2.05, 4.69) is 31.7 Å². The van der Waals surface area contributed by atoms with Gasteiger partial charge in [0.15, 0.2) is 5.65 Å². The Morgan fingerprint density at radius 2 is 1.75 bits per heavy atom. The summed E-state index contributed by atoms with van der Waals surface area (Å²) in [5, 5.41) is 0.634. The van der Waals surface area contributed by atoms with Gasteiger partial charge in [-0.05, 0) is 51.3 Å². The molecule has 0 saturated heterocycles. The van der Waals surface area contributed by atoms with Gasteiger partial charge in [0.05, 0.1) is 22.8 Å². The maximum absolute atomic E-state index is 12.4. The van der Waals surface area contributed by atoms with E-state index >= 15 is 0 Å². The van der Waals surface area contributed by atoms with E-state index in [1.54, 1.807) is 6.92 Å². The van der Waals surface area contributed by atoms with E-state index in [9.17, 15) is 4.79 Å². The summed E-state index contributed by atoms with van der Waals surface area (Å²) in [7, 11) is 0. The number of aryl methyl sites for hydroxylation is 4. The molecule has 0 bridgehead atoms. The zero-order valence-corrected chi connectivity index (χ0v) is 15.0. The largest absolute Gasteiger partial charge is 0.310 e. The van der Waals surface area contributed by atoms with Gasteiger partial charge in [0, 0.05) is 5.69 Å². The molecular formula is C17H17N5OS. The van der Waals surface area contributed by atoms with E-state index in [1.807, 2.05) is 25.3 Å². The molecule has 3 aromatic heterocycles. The third kappa shape index (κ3) is 1.88. The van der Waals surface area contributed by atoms with Gasteiger partial charge < -0.3 is 4.98 Å². The van der Waals surface area contributed by atoms with Crippen LogP contribution in [0.3, 0.4) is 0 Å². The Morgan fingerprint density at radius 3 is 2.50 bits per heavy atom. The molecule has 1 N–H and O–H groups in total. The summed E-state index contributed by atoms with van der Waals surface area (Å²) in [6.07, 6.45) is 0. The predicted molar refractivity (Wildman–Crippen MR) is 96.3 cm³/mol. The van der Waals surface area contributed by atoms with Crippen LogP contribution in [0.25, 0.3) is 27.8 Å². The van der Waals surface area contributed by atoms with E-state index < -0.39 is 0 Å². The molecule has 0 fully saturated rings. The van der Waals surface area contributed by atoms with Gasteiger partial charge in [0.1, 0.15) is 16.9 Å². The fourth-order valence-corrected chi connectivity index (χ4v) is 3.99. The topological polar surface area (TPSA) is 76.5 Å². The van der Waals surface area contributed by atoms with E-state index in [0.717, 1.165) is 39.1 Å². The first-order chi connectivity index (χ1) is 11.4. The lowest BCUT2D eigenvalue weighted by atomic mass is 10.1. The predicted octanol–water partition coefficient (Wildman–Crippen LogP) is 3.26. The summed E-state index contributed by atoms with van der Waals surface area (Å²) in [6, 6.07) is 2.11. The van der Waals surface area contributed by atoms with Gasteiger partial charge in [0.2, 0.25) is 0 Å². The third-order valence-electron chi connectivity index (χ3n) is 4.60. The molecule has 7 heteroatoms. The van der Waals surface area contributed by atoms with Crippen LogP contribution in [0.2, 0.25) is 0 Å². The van der Waals surface area contributed by atoms with E-state index in [-0.39, 0.29) is 5.56 Å². The van der Waals surface area contributed by atoms with Crippen LogP contribution in [0.4, 0.5) is 0 Å². The van der Waals surface area contributed by atoms with Crippen molar-refractivity contribution in [3.63, 3.8) is 0 Å². The van der Waals surface area contributed by atoms with Crippen molar-refractivity contribution in [3.8, 4) is 5.69 Å². The van der Waals surface area contributed by atoms with Crippen molar-refractivity contribution in [2.45, 2.75) is 34.6 Å². The molecule has 0 saturated carbocycles. The monoisotopic (exact) mass is 339 g/mol. The molecule has 4 aromatic rings. The highest BCUT2D eigenvalue weighted by atomic mass is 32.1. The molecule has 0 spiro atoms. The molecule has 0 aliphatic rings. The average Bonchev–Trinajstić information content (AvgIpc) is 3.07. The third-order valence-corrected chi connectivity index (χ3v) is 5.13. The molecule has 122 valence electrons. The lowest BCUT2D eigenvalue weighted by Crippen LogP contribution is -2.11. The van der Waals surface area contributed by atoms with E-state index in [0.29, 0.717) is 16.9 Å². The first-order valence-corrected chi connectivity index (χ1v) is 8.44. The molecule has 0 radical (unpaired) electrons. The summed E-state index contributed by atoms with van der Waals surface area (Å²) < 4.78 is 11.0. The van der Waals surface area contributed by atoms with Crippen molar-refractivity contribution in [3.05, 3.63) is 44.6 Å². The Hall–Kier alpha value is -2.54. The fourth-order valence-electron chi connectivity index (χ4n) is 3.39. The highest BCUT2D eigenvalue weighted by Gasteiger charge is 2.21. The van der Waals surface area contributed by atoms with Crippen LogP contribution >= 0.6 is 11.7 Å². The molecular weight excluding hydrogens is 322 g/mol. The number of benzene rings is 1. The van der Waals surface area contributed by atoms with Crippen LogP contribution in [0.5, 0.6) is 0 Å². The Kier molecular flexibility index (Phi) is 3.11. The summed E-state index contributed by atoms with van der Waals surface area (Å²) >= 11 is 1.21. The zero-order chi connectivity index (χ0) is 17.2. The lowest BCUT2D eigenvalue weighted by molar-refractivity contribution is 0.982. The molecule has 0 aliphatic carbocycles. The second-order valence-corrected chi connectivity index (χ2v) is 6.74. The quantitative estimate of drug-likeness (QED) is 0.577. The number of fused-ring (bicyclic) bond motifs is 2. The number of H-pyrrole nitrogens is 1. The molecule has 6 nitrogen and oxygen atoms in total. The lowest BCUT2D eigenvalue weighted by Gasteiger charge is -2.13. The van der Waals surface area contributed by atoms with Crippen LogP contribution in [0, 0.1) is 34.6 Å². The van der Waals surface area contributed by atoms with Gasteiger partial charge in [-0.15, -0.1) is 0 Å². The number of rotatable bonds is 1. The van der Waals surface area contributed by atoms with Crippen LogP contribution < -0.4 is 5.56 Å². The van der Waals surface area contributed by atoms with Crippen molar-refractivity contribution >= 4 is 33.8 Å². The minimum absolute atomic E-state index is 0.103. The molecule has 0 amide bonds. The van der Waals surface area contributed by atoms with Crippen LogP contribution in [0.15, 0.2) is 10.9 Å². The Labute approximate surface area is 142 Å². The summed E-state index contributed by atoms with van der Waals surface area (Å²) in [6.45, 7) is 9.86. The number of aromatic amines is 1. The summed E-state index contributed by atoms with van der Waals surface area (Å²) in [5.74, 6) is 0.601. The number of hydrogen-bond acceptors (Lipinski definition) is 5. The minimum Gasteiger partial charge on any atom is -0.310 e. The maximum Gasteiger partial charge on any atom is 0.260 e.